The number of hydrogen-bond acceptors (Lipinski definition) is 5. The number of likely N-dealkylation sites (tertiary alicyclic amines) is 1. The minimum Gasteiger partial charge on any atom is -0.342 e. The minimum absolute atomic E-state index is 0.0109. The Bertz CT molecular complexity index is 781. The van der Waals surface area contributed by atoms with Crippen LogP contribution in [0.2, 0.25) is 0 Å². The number of aromatic nitrogens is 2. The summed E-state index contributed by atoms with van der Waals surface area (Å²) in [5, 5.41) is 8.67. The summed E-state index contributed by atoms with van der Waals surface area (Å²) in [6.07, 6.45) is 4.67. The van der Waals surface area contributed by atoms with E-state index in [4.69, 9.17) is 0 Å². The van der Waals surface area contributed by atoms with E-state index in [1.54, 1.807) is 11.3 Å². The van der Waals surface area contributed by atoms with E-state index in [0.29, 0.717) is 18.7 Å². The molecule has 6 nitrogen and oxygen atoms in total. The van der Waals surface area contributed by atoms with E-state index in [0.717, 1.165) is 24.3 Å². The fourth-order valence-electron chi connectivity index (χ4n) is 2.99. The first kappa shape index (κ1) is 16.2. The summed E-state index contributed by atoms with van der Waals surface area (Å²) in [5.41, 5.74) is 0.626. The van der Waals surface area contributed by atoms with Crippen LogP contribution < -0.4 is 0 Å². The predicted octanol–water partition coefficient (Wildman–Crippen LogP) is 1.82. The van der Waals surface area contributed by atoms with Gasteiger partial charge in [0.1, 0.15) is 4.90 Å². The molecular formula is C15H19N3O3S2. The monoisotopic (exact) mass is 353 g/mol. The summed E-state index contributed by atoms with van der Waals surface area (Å²) in [7, 11) is -3.31. The van der Waals surface area contributed by atoms with E-state index in [1.807, 2.05) is 22.4 Å². The van der Waals surface area contributed by atoms with Crippen LogP contribution >= 0.6 is 11.3 Å². The first-order valence-electron chi connectivity index (χ1n) is 7.48. The average molecular weight is 353 g/mol. The summed E-state index contributed by atoms with van der Waals surface area (Å²) in [6.45, 7) is 1.26. The Morgan fingerprint density at radius 1 is 1.52 bits per heavy atom. The number of carbonyl (C=O) groups excluding carboxylic acids is 1. The number of carbonyl (C=O) groups is 1. The van der Waals surface area contributed by atoms with Crippen molar-refractivity contribution < 1.29 is 13.2 Å². The van der Waals surface area contributed by atoms with Gasteiger partial charge in [-0.05, 0) is 24.3 Å². The van der Waals surface area contributed by atoms with Crippen LogP contribution in [0, 0.1) is 0 Å². The molecule has 8 heteroatoms. The van der Waals surface area contributed by atoms with E-state index in [9.17, 15) is 13.2 Å². The topological polar surface area (TPSA) is 83.1 Å². The second kappa shape index (κ2) is 6.45. The number of H-pyrrole nitrogens is 1. The fraction of sp³-hybridized carbons (Fsp3) is 0.467. The lowest BCUT2D eigenvalue weighted by Crippen LogP contribution is -2.40. The van der Waals surface area contributed by atoms with Crippen LogP contribution in [0.1, 0.15) is 29.3 Å². The van der Waals surface area contributed by atoms with Crippen LogP contribution in [0.4, 0.5) is 0 Å². The molecule has 3 heterocycles. The van der Waals surface area contributed by atoms with Crippen LogP contribution in [0.3, 0.4) is 0 Å². The highest BCUT2D eigenvalue weighted by atomic mass is 32.2. The van der Waals surface area contributed by atoms with Crippen LogP contribution in [0.5, 0.6) is 0 Å². The van der Waals surface area contributed by atoms with Crippen LogP contribution in [0.25, 0.3) is 0 Å². The lowest BCUT2D eigenvalue weighted by atomic mass is 9.94. The second-order valence-electron chi connectivity index (χ2n) is 5.86. The predicted molar refractivity (Wildman–Crippen MR) is 88.3 cm³/mol. The Kier molecular flexibility index (Phi) is 4.54. The Morgan fingerprint density at radius 2 is 2.35 bits per heavy atom. The van der Waals surface area contributed by atoms with Crippen molar-refractivity contribution in [3.8, 4) is 0 Å². The number of amides is 1. The van der Waals surface area contributed by atoms with Gasteiger partial charge >= 0.3 is 0 Å². The molecule has 1 aliphatic heterocycles. The molecular weight excluding hydrogens is 334 g/mol. The zero-order chi connectivity index (χ0) is 16.4. The molecule has 2 aromatic heterocycles. The zero-order valence-corrected chi connectivity index (χ0v) is 14.5. The molecule has 1 amide bonds. The number of hydrogen-bond donors (Lipinski definition) is 1. The second-order valence-corrected chi connectivity index (χ2v) is 8.87. The van der Waals surface area contributed by atoms with Crippen LogP contribution in [-0.4, -0.2) is 48.8 Å². The molecule has 0 bridgehead atoms. The number of nitrogens with zero attached hydrogens (tertiary/aromatic N) is 2. The first-order chi connectivity index (χ1) is 10.9. The Balaban J connectivity index is 1.74. The van der Waals surface area contributed by atoms with Gasteiger partial charge in [-0.2, -0.15) is 5.10 Å². The smallest absolute Gasteiger partial charge is 0.227 e. The maximum Gasteiger partial charge on any atom is 0.227 e. The van der Waals surface area contributed by atoms with Crippen molar-refractivity contribution in [3.63, 3.8) is 0 Å². The van der Waals surface area contributed by atoms with Crippen molar-refractivity contribution in [2.75, 3.05) is 19.3 Å². The summed E-state index contributed by atoms with van der Waals surface area (Å²) < 4.78 is 23.7. The third-order valence-electron chi connectivity index (χ3n) is 4.12. The lowest BCUT2D eigenvalue weighted by molar-refractivity contribution is -0.131. The third-order valence-corrected chi connectivity index (χ3v) is 6.12. The maximum absolute atomic E-state index is 12.5. The SMILES string of the molecule is CS(=O)(=O)c1cn[nH]c1C1CCCN(C(=O)Cc2cccs2)C1. The molecule has 0 saturated carbocycles. The van der Waals surface area contributed by atoms with E-state index >= 15 is 0 Å². The largest absolute Gasteiger partial charge is 0.342 e. The standard InChI is InChI=1S/C15H19N3O3S2/c1-23(20,21)13-9-16-17-15(13)11-4-2-6-18(10-11)14(19)8-12-5-3-7-22-12/h3,5,7,9,11H,2,4,6,8,10H2,1H3,(H,16,17). The molecule has 0 aliphatic carbocycles. The highest BCUT2D eigenvalue weighted by molar-refractivity contribution is 7.90. The molecule has 0 aromatic carbocycles. The Hall–Kier alpha value is -1.67. The van der Waals surface area contributed by atoms with E-state index in [2.05, 4.69) is 10.2 Å². The van der Waals surface area contributed by atoms with Crippen molar-refractivity contribution in [1.82, 2.24) is 15.1 Å². The first-order valence-corrected chi connectivity index (χ1v) is 10.3. The van der Waals surface area contributed by atoms with Gasteiger partial charge in [-0.3, -0.25) is 9.89 Å². The third kappa shape index (κ3) is 3.64. The summed E-state index contributed by atoms with van der Waals surface area (Å²) in [4.78, 5) is 15.6. The van der Waals surface area contributed by atoms with Gasteiger partial charge in [-0.25, -0.2) is 8.42 Å². The number of piperidine rings is 1. The van der Waals surface area contributed by atoms with Gasteiger partial charge in [0.2, 0.25) is 5.91 Å². The van der Waals surface area contributed by atoms with Crippen molar-refractivity contribution in [2.24, 2.45) is 0 Å². The molecule has 1 N–H and O–H groups in total. The fourth-order valence-corrected chi connectivity index (χ4v) is 4.54. The van der Waals surface area contributed by atoms with Gasteiger partial charge in [-0.1, -0.05) is 6.07 Å². The van der Waals surface area contributed by atoms with Crippen molar-refractivity contribution in [3.05, 3.63) is 34.3 Å². The summed E-state index contributed by atoms with van der Waals surface area (Å²) >= 11 is 1.58. The lowest BCUT2D eigenvalue weighted by Gasteiger charge is -2.32. The molecule has 1 atom stereocenters. The van der Waals surface area contributed by atoms with Gasteiger partial charge < -0.3 is 4.90 Å². The number of rotatable bonds is 4. The van der Waals surface area contributed by atoms with E-state index in [1.165, 1.54) is 12.5 Å². The Morgan fingerprint density at radius 3 is 3.04 bits per heavy atom. The highest BCUT2D eigenvalue weighted by Gasteiger charge is 2.29. The molecule has 1 fully saturated rings. The maximum atomic E-state index is 12.5. The van der Waals surface area contributed by atoms with Gasteiger partial charge in [0.15, 0.2) is 9.84 Å². The molecule has 1 unspecified atom stereocenters. The molecule has 1 saturated heterocycles. The van der Waals surface area contributed by atoms with Crippen LogP contribution in [-0.2, 0) is 21.1 Å². The molecule has 2 aromatic rings. The van der Waals surface area contributed by atoms with Gasteiger partial charge in [-0.15, -0.1) is 11.3 Å². The number of thiophene rings is 1. The van der Waals surface area contributed by atoms with Gasteiger partial charge in [0, 0.05) is 30.1 Å². The van der Waals surface area contributed by atoms with Gasteiger partial charge in [0.25, 0.3) is 0 Å². The number of sulfone groups is 1. The number of nitrogens with one attached hydrogen (secondary N) is 1. The minimum atomic E-state index is -3.31. The Labute approximate surface area is 139 Å². The van der Waals surface area contributed by atoms with Crippen molar-refractivity contribution in [2.45, 2.75) is 30.1 Å². The van der Waals surface area contributed by atoms with Crippen LogP contribution in [0.15, 0.2) is 28.6 Å². The molecule has 124 valence electrons. The number of aromatic amines is 1. The molecule has 23 heavy (non-hydrogen) atoms. The quantitative estimate of drug-likeness (QED) is 0.909. The molecule has 1 aliphatic rings. The molecule has 0 spiro atoms. The van der Waals surface area contributed by atoms with E-state index < -0.39 is 9.84 Å². The molecule has 0 radical (unpaired) electrons. The van der Waals surface area contributed by atoms with Gasteiger partial charge in [0.05, 0.1) is 18.3 Å². The molecule has 3 rings (SSSR count). The summed E-state index contributed by atoms with van der Waals surface area (Å²) in [6, 6.07) is 3.90. The highest BCUT2D eigenvalue weighted by Crippen LogP contribution is 2.30. The zero-order valence-electron chi connectivity index (χ0n) is 12.9. The van der Waals surface area contributed by atoms with Crippen molar-refractivity contribution >= 4 is 27.1 Å². The normalized spacial score (nSPS) is 19.0. The summed E-state index contributed by atoms with van der Waals surface area (Å²) in [5.74, 6) is 0.0841. The van der Waals surface area contributed by atoms with Crippen molar-refractivity contribution in [1.29, 1.82) is 0 Å². The van der Waals surface area contributed by atoms with E-state index in [-0.39, 0.29) is 16.7 Å². The average Bonchev–Trinajstić information content (AvgIpc) is 3.18.